The number of nitrogens with zero attached hydrogens (tertiary/aromatic N) is 4. The lowest BCUT2D eigenvalue weighted by Gasteiger charge is -2.09. The summed E-state index contributed by atoms with van der Waals surface area (Å²) < 4.78 is 14.9. The molecule has 22 heavy (non-hydrogen) atoms. The second-order valence-corrected chi connectivity index (χ2v) is 5.27. The number of halogens is 1. The largest absolute Gasteiger partial charge is 0.391 e. The Kier molecular flexibility index (Phi) is 4.15. The van der Waals surface area contributed by atoms with Crippen molar-refractivity contribution in [2.45, 2.75) is 38.8 Å². The van der Waals surface area contributed by atoms with E-state index in [1.807, 2.05) is 6.92 Å². The highest BCUT2D eigenvalue weighted by atomic mass is 19.1. The van der Waals surface area contributed by atoms with Crippen LogP contribution in [0.5, 0.6) is 0 Å². The van der Waals surface area contributed by atoms with Gasteiger partial charge in [-0.25, -0.2) is 19.0 Å². The highest BCUT2D eigenvalue weighted by molar-refractivity contribution is 5.74. The maximum absolute atomic E-state index is 13.2. The van der Waals surface area contributed by atoms with Crippen LogP contribution in [0.15, 0.2) is 24.5 Å². The molecule has 2 aromatic heterocycles. The molecule has 0 saturated heterocycles. The summed E-state index contributed by atoms with van der Waals surface area (Å²) in [7, 11) is 0. The van der Waals surface area contributed by atoms with E-state index in [1.165, 1.54) is 18.5 Å². The Bertz CT molecular complexity index is 766. The number of hydrogen-bond acceptors (Lipinski definition) is 4. The van der Waals surface area contributed by atoms with Crippen molar-refractivity contribution in [3.63, 3.8) is 0 Å². The minimum absolute atomic E-state index is 0.281. The Balaban J connectivity index is 1.70. The molecule has 3 aromatic rings. The Morgan fingerprint density at radius 3 is 3.05 bits per heavy atom. The highest BCUT2D eigenvalue weighted by Crippen LogP contribution is 2.14. The minimum atomic E-state index is -0.422. The number of H-pyrrole nitrogens is 1. The molecule has 0 fully saturated rings. The molecule has 0 aliphatic rings. The van der Waals surface area contributed by atoms with Crippen molar-refractivity contribution in [1.29, 1.82) is 0 Å². The Morgan fingerprint density at radius 2 is 2.23 bits per heavy atom. The molecule has 0 aliphatic heterocycles. The van der Waals surface area contributed by atoms with Crippen LogP contribution < -0.4 is 0 Å². The molecule has 0 saturated carbocycles. The first kappa shape index (κ1) is 14.6. The van der Waals surface area contributed by atoms with Gasteiger partial charge in [0.05, 0.1) is 23.7 Å². The molecule has 6 nitrogen and oxygen atoms in total. The van der Waals surface area contributed by atoms with Gasteiger partial charge in [0.15, 0.2) is 0 Å². The molecule has 7 heteroatoms. The summed E-state index contributed by atoms with van der Waals surface area (Å²) >= 11 is 0. The molecule has 1 aromatic carbocycles. The number of hydrogen-bond donors (Lipinski definition) is 2. The van der Waals surface area contributed by atoms with Crippen molar-refractivity contribution in [1.82, 2.24) is 24.7 Å². The Hall–Kier alpha value is -2.28. The number of rotatable bonds is 6. The highest BCUT2D eigenvalue weighted by Gasteiger charge is 2.10. The van der Waals surface area contributed by atoms with Crippen LogP contribution in [0.3, 0.4) is 0 Å². The van der Waals surface area contributed by atoms with Crippen LogP contribution in [-0.2, 0) is 19.4 Å². The van der Waals surface area contributed by atoms with Gasteiger partial charge in [-0.05, 0) is 24.6 Å². The van der Waals surface area contributed by atoms with Crippen LogP contribution in [0.1, 0.15) is 25.0 Å². The standard InChI is InChI=1S/C15H18FN5O/c1-2-11(22)8-21-15(17-9-18-21)6-5-14-19-12-4-3-10(16)7-13(12)20-14/h3-4,7,9,11,22H,2,5-6,8H2,1H3,(H,19,20)/t11-/m1/s1. The quantitative estimate of drug-likeness (QED) is 0.728. The van der Waals surface area contributed by atoms with Gasteiger partial charge in [0.2, 0.25) is 0 Å². The molecule has 2 heterocycles. The monoisotopic (exact) mass is 303 g/mol. The average molecular weight is 303 g/mol. The van der Waals surface area contributed by atoms with Crippen molar-refractivity contribution in [2.24, 2.45) is 0 Å². The molecule has 0 aliphatic carbocycles. The van der Waals surface area contributed by atoms with Gasteiger partial charge in [0.1, 0.15) is 23.8 Å². The lowest BCUT2D eigenvalue weighted by Crippen LogP contribution is -2.18. The van der Waals surface area contributed by atoms with E-state index in [9.17, 15) is 9.50 Å². The zero-order chi connectivity index (χ0) is 15.5. The number of aromatic amines is 1. The van der Waals surface area contributed by atoms with Crippen molar-refractivity contribution < 1.29 is 9.50 Å². The second-order valence-electron chi connectivity index (χ2n) is 5.27. The van der Waals surface area contributed by atoms with Crippen LogP contribution >= 0.6 is 0 Å². The van der Waals surface area contributed by atoms with Crippen molar-refractivity contribution in [3.05, 3.63) is 42.0 Å². The number of aromatic nitrogens is 5. The van der Waals surface area contributed by atoms with E-state index in [0.717, 1.165) is 17.2 Å². The van der Waals surface area contributed by atoms with Crippen molar-refractivity contribution in [3.8, 4) is 0 Å². The van der Waals surface area contributed by atoms with E-state index in [1.54, 1.807) is 10.7 Å². The number of aliphatic hydroxyl groups is 1. The molecule has 0 unspecified atom stereocenters. The van der Waals surface area contributed by atoms with Crippen molar-refractivity contribution >= 4 is 11.0 Å². The molecule has 0 bridgehead atoms. The number of imidazole rings is 1. The molecule has 116 valence electrons. The number of benzene rings is 1. The molecular weight excluding hydrogens is 285 g/mol. The summed E-state index contributed by atoms with van der Waals surface area (Å²) in [5.41, 5.74) is 1.44. The zero-order valence-electron chi connectivity index (χ0n) is 12.3. The fourth-order valence-electron chi connectivity index (χ4n) is 2.35. The number of aliphatic hydroxyl groups excluding tert-OH is 1. The first-order chi connectivity index (χ1) is 10.7. The van der Waals surface area contributed by atoms with Gasteiger partial charge in [-0.2, -0.15) is 5.10 Å². The third-order valence-electron chi connectivity index (χ3n) is 3.63. The van der Waals surface area contributed by atoms with Crippen molar-refractivity contribution in [2.75, 3.05) is 0 Å². The normalized spacial score (nSPS) is 12.9. The van der Waals surface area contributed by atoms with Crippen LogP contribution in [-0.4, -0.2) is 35.9 Å². The summed E-state index contributed by atoms with van der Waals surface area (Å²) in [5.74, 6) is 1.31. The number of fused-ring (bicyclic) bond motifs is 1. The van der Waals surface area contributed by atoms with Gasteiger partial charge in [-0.3, -0.25) is 0 Å². The second kappa shape index (κ2) is 6.23. The maximum atomic E-state index is 13.2. The fourth-order valence-corrected chi connectivity index (χ4v) is 2.35. The first-order valence-electron chi connectivity index (χ1n) is 7.34. The average Bonchev–Trinajstić information content (AvgIpc) is 3.10. The molecular formula is C15H18FN5O. The van der Waals surface area contributed by atoms with Crippen LogP contribution in [0.25, 0.3) is 11.0 Å². The Morgan fingerprint density at radius 1 is 1.36 bits per heavy atom. The smallest absolute Gasteiger partial charge is 0.138 e. The summed E-state index contributed by atoms with van der Waals surface area (Å²) in [5, 5.41) is 13.9. The van der Waals surface area contributed by atoms with E-state index in [0.29, 0.717) is 31.3 Å². The fraction of sp³-hybridized carbons (Fsp3) is 0.400. The predicted octanol–water partition coefficient (Wildman–Crippen LogP) is 1.85. The van der Waals surface area contributed by atoms with Crippen LogP contribution in [0, 0.1) is 5.82 Å². The summed E-state index contributed by atoms with van der Waals surface area (Å²) in [4.78, 5) is 11.8. The van der Waals surface area contributed by atoms with Crippen LogP contribution in [0.2, 0.25) is 0 Å². The van der Waals surface area contributed by atoms with E-state index >= 15 is 0 Å². The lowest BCUT2D eigenvalue weighted by atomic mass is 10.2. The molecule has 2 N–H and O–H groups in total. The molecule has 0 amide bonds. The third kappa shape index (κ3) is 3.14. The summed E-state index contributed by atoms with van der Waals surface area (Å²) in [6, 6.07) is 4.49. The topological polar surface area (TPSA) is 79.6 Å². The predicted molar refractivity (Wildman–Crippen MR) is 79.8 cm³/mol. The molecule has 0 spiro atoms. The summed E-state index contributed by atoms with van der Waals surface area (Å²) in [6.07, 6.45) is 3.05. The van der Waals surface area contributed by atoms with E-state index in [4.69, 9.17) is 0 Å². The Labute approximate surface area is 127 Å². The van der Waals surface area contributed by atoms with E-state index in [2.05, 4.69) is 20.1 Å². The first-order valence-corrected chi connectivity index (χ1v) is 7.34. The SMILES string of the molecule is CC[C@@H](O)Cn1ncnc1CCc1nc2ccc(F)cc2[nH]1. The van der Waals surface area contributed by atoms with Gasteiger partial charge in [-0.15, -0.1) is 0 Å². The summed E-state index contributed by atoms with van der Waals surface area (Å²) in [6.45, 7) is 2.37. The minimum Gasteiger partial charge on any atom is -0.391 e. The van der Waals surface area contributed by atoms with Crippen LogP contribution in [0.4, 0.5) is 4.39 Å². The molecule has 1 atom stereocenters. The van der Waals surface area contributed by atoms with E-state index in [-0.39, 0.29) is 5.82 Å². The maximum Gasteiger partial charge on any atom is 0.138 e. The number of nitrogens with one attached hydrogen (secondary N) is 1. The van der Waals surface area contributed by atoms with E-state index < -0.39 is 6.10 Å². The van der Waals surface area contributed by atoms with Gasteiger partial charge in [-0.1, -0.05) is 6.92 Å². The molecule has 3 rings (SSSR count). The van der Waals surface area contributed by atoms with Gasteiger partial charge in [0.25, 0.3) is 0 Å². The van der Waals surface area contributed by atoms with Gasteiger partial charge >= 0.3 is 0 Å². The number of aryl methyl sites for hydroxylation is 2. The van der Waals surface area contributed by atoms with Gasteiger partial charge < -0.3 is 10.1 Å². The van der Waals surface area contributed by atoms with Gasteiger partial charge in [0, 0.05) is 12.8 Å². The third-order valence-corrected chi connectivity index (χ3v) is 3.63. The lowest BCUT2D eigenvalue weighted by molar-refractivity contribution is 0.143. The molecule has 0 radical (unpaired) electrons. The zero-order valence-corrected chi connectivity index (χ0v) is 12.3.